The van der Waals surface area contributed by atoms with Gasteiger partial charge < -0.3 is 5.11 Å². The molecule has 2 rings (SSSR count). The Morgan fingerprint density at radius 3 is 2.67 bits per heavy atom. The summed E-state index contributed by atoms with van der Waals surface area (Å²) < 4.78 is 0. The van der Waals surface area contributed by atoms with Crippen LogP contribution in [-0.2, 0) is 0 Å². The van der Waals surface area contributed by atoms with Gasteiger partial charge in [-0.15, -0.1) is 0 Å². The number of rotatable bonds is 4. The van der Waals surface area contributed by atoms with Gasteiger partial charge in [-0.25, -0.2) is 4.79 Å². The van der Waals surface area contributed by atoms with Crippen molar-refractivity contribution in [3.63, 3.8) is 0 Å². The molecule has 0 atom stereocenters. The number of anilines is 1. The van der Waals surface area contributed by atoms with Crippen molar-refractivity contribution in [3.8, 4) is 0 Å². The van der Waals surface area contributed by atoms with Crippen LogP contribution < -0.4 is 5.43 Å². The Kier molecular flexibility index (Phi) is 4.83. The highest BCUT2D eigenvalue weighted by Gasteiger charge is 2.06. The maximum absolute atomic E-state index is 10.9. The predicted octanol–water partition coefficient (Wildman–Crippen LogP) is 4.53. The minimum absolute atomic E-state index is 0.189. The minimum Gasteiger partial charge on any atom is -0.478 e. The molecule has 21 heavy (non-hydrogen) atoms. The number of hydrogen-bond acceptors (Lipinski definition) is 3. The van der Waals surface area contributed by atoms with Crippen molar-refractivity contribution in [1.29, 1.82) is 0 Å². The number of hydrazone groups is 1. The fourth-order valence-corrected chi connectivity index (χ4v) is 2.13. The van der Waals surface area contributed by atoms with Gasteiger partial charge in [-0.1, -0.05) is 29.3 Å². The number of nitrogens with one attached hydrogen (secondary N) is 1. The second-order valence-electron chi connectivity index (χ2n) is 4.32. The SMILES string of the molecule is C/C(=N\Nc1cccc(C(=O)O)c1)c1cc(Cl)ccc1Cl. The lowest BCUT2D eigenvalue weighted by Crippen LogP contribution is -2.02. The van der Waals surface area contributed by atoms with Crippen LogP contribution in [0.15, 0.2) is 47.6 Å². The number of aromatic carboxylic acids is 1. The Bertz CT molecular complexity index is 715. The Morgan fingerprint density at radius 1 is 1.19 bits per heavy atom. The van der Waals surface area contributed by atoms with Crippen molar-refractivity contribution in [2.24, 2.45) is 5.10 Å². The van der Waals surface area contributed by atoms with E-state index in [-0.39, 0.29) is 5.56 Å². The summed E-state index contributed by atoms with van der Waals surface area (Å²) in [5, 5.41) is 14.2. The lowest BCUT2D eigenvalue weighted by atomic mass is 10.1. The quantitative estimate of drug-likeness (QED) is 0.642. The Hall–Kier alpha value is -2.04. The zero-order valence-electron chi connectivity index (χ0n) is 11.1. The zero-order valence-corrected chi connectivity index (χ0v) is 12.6. The maximum Gasteiger partial charge on any atom is 0.335 e. The van der Waals surface area contributed by atoms with Crippen LogP contribution in [0, 0.1) is 0 Å². The zero-order chi connectivity index (χ0) is 15.4. The van der Waals surface area contributed by atoms with Gasteiger partial charge in [0, 0.05) is 15.6 Å². The van der Waals surface area contributed by atoms with Crippen LogP contribution in [0.2, 0.25) is 10.0 Å². The molecule has 6 heteroatoms. The third kappa shape index (κ3) is 3.97. The molecule has 108 valence electrons. The molecule has 0 fully saturated rings. The molecular formula is C15H12Cl2N2O2. The summed E-state index contributed by atoms with van der Waals surface area (Å²) in [6.07, 6.45) is 0. The number of halogens is 2. The summed E-state index contributed by atoms with van der Waals surface area (Å²) in [5.74, 6) is -0.989. The highest BCUT2D eigenvalue weighted by molar-refractivity contribution is 6.36. The predicted molar refractivity (Wildman–Crippen MR) is 85.7 cm³/mol. The van der Waals surface area contributed by atoms with E-state index in [4.69, 9.17) is 28.3 Å². The number of carbonyl (C=O) groups is 1. The van der Waals surface area contributed by atoms with Gasteiger partial charge in [-0.3, -0.25) is 5.43 Å². The fourth-order valence-electron chi connectivity index (χ4n) is 1.71. The number of carboxylic acid groups (broad SMARTS) is 1. The van der Waals surface area contributed by atoms with Crippen molar-refractivity contribution in [3.05, 3.63) is 63.6 Å². The highest BCUT2D eigenvalue weighted by atomic mass is 35.5. The molecule has 0 radical (unpaired) electrons. The third-order valence-electron chi connectivity index (χ3n) is 2.78. The fraction of sp³-hybridized carbons (Fsp3) is 0.0667. The summed E-state index contributed by atoms with van der Waals surface area (Å²) >= 11 is 12.0. The minimum atomic E-state index is -0.989. The maximum atomic E-state index is 10.9. The summed E-state index contributed by atoms with van der Waals surface area (Å²) in [7, 11) is 0. The molecule has 2 aromatic carbocycles. The van der Waals surface area contributed by atoms with Gasteiger partial charge in [0.05, 0.1) is 17.0 Å². The van der Waals surface area contributed by atoms with Crippen LogP contribution in [0.1, 0.15) is 22.8 Å². The van der Waals surface area contributed by atoms with Crippen LogP contribution in [0.4, 0.5) is 5.69 Å². The van der Waals surface area contributed by atoms with Gasteiger partial charge in [0.25, 0.3) is 0 Å². The number of benzene rings is 2. The molecule has 0 aliphatic carbocycles. The van der Waals surface area contributed by atoms with Gasteiger partial charge in [-0.05, 0) is 43.3 Å². The smallest absolute Gasteiger partial charge is 0.335 e. The van der Waals surface area contributed by atoms with Gasteiger partial charge in [0.2, 0.25) is 0 Å². The molecule has 0 aliphatic rings. The Balaban J connectivity index is 2.22. The molecule has 0 spiro atoms. The molecule has 0 amide bonds. The molecule has 0 bridgehead atoms. The molecular weight excluding hydrogens is 311 g/mol. The average molecular weight is 323 g/mol. The largest absolute Gasteiger partial charge is 0.478 e. The van der Waals surface area contributed by atoms with Crippen molar-refractivity contribution < 1.29 is 9.90 Å². The first-order chi connectivity index (χ1) is 9.97. The van der Waals surface area contributed by atoms with Crippen molar-refractivity contribution in [1.82, 2.24) is 0 Å². The molecule has 0 aromatic heterocycles. The molecule has 0 saturated carbocycles. The number of nitrogens with zero attached hydrogens (tertiary/aromatic N) is 1. The van der Waals surface area contributed by atoms with E-state index in [9.17, 15) is 4.79 Å². The van der Waals surface area contributed by atoms with Crippen molar-refractivity contribution in [2.75, 3.05) is 5.43 Å². The Labute approximate surface area is 132 Å². The van der Waals surface area contributed by atoms with E-state index in [2.05, 4.69) is 10.5 Å². The molecule has 0 unspecified atom stereocenters. The second-order valence-corrected chi connectivity index (χ2v) is 5.16. The van der Waals surface area contributed by atoms with Gasteiger partial charge in [0.1, 0.15) is 0 Å². The number of hydrogen-bond donors (Lipinski definition) is 2. The van der Waals surface area contributed by atoms with E-state index in [0.717, 1.165) is 0 Å². The van der Waals surface area contributed by atoms with E-state index >= 15 is 0 Å². The lowest BCUT2D eigenvalue weighted by Gasteiger charge is -2.06. The second kappa shape index (κ2) is 6.61. The first kappa shape index (κ1) is 15.4. The van der Waals surface area contributed by atoms with E-state index in [1.54, 1.807) is 37.3 Å². The summed E-state index contributed by atoms with van der Waals surface area (Å²) in [6, 6.07) is 11.5. The monoisotopic (exact) mass is 322 g/mol. The molecule has 2 aromatic rings. The van der Waals surface area contributed by atoms with Gasteiger partial charge in [-0.2, -0.15) is 5.10 Å². The third-order valence-corrected chi connectivity index (χ3v) is 3.35. The van der Waals surface area contributed by atoms with E-state index in [1.807, 2.05) is 0 Å². The number of carboxylic acids is 1. The molecule has 2 N–H and O–H groups in total. The first-order valence-corrected chi connectivity index (χ1v) is 6.82. The topological polar surface area (TPSA) is 61.7 Å². The summed E-state index contributed by atoms with van der Waals surface area (Å²) in [6.45, 7) is 1.78. The summed E-state index contributed by atoms with van der Waals surface area (Å²) in [5.41, 5.74) is 4.93. The van der Waals surface area contributed by atoms with E-state index < -0.39 is 5.97 Å². The standard InChI is InChI=1S/C15H12Cl2N2O2/c1-9(13-8-11(16)5-6-14(13)17)18-19-12-4-2-3-10(7-12)15(20)21/h2-8,19H,1H3,(H,20,21)/b18-9+. The van der Waals surface area contributed by atoms with E-state index in [0.29, 0.717) is 27.0 Å². The van der Waals surface area contributed by atoms with Crippen LogP contribution in [0.3, 0.4) is 0 Å². The van der Waals surface area contributed by atoms with Gasteiger partial charge >= 0.3 is 5.97 Å². The van der Waals surface area contributed by atoms with Crippen molar-refractivity contribution >= 4 is 40.6 Å². The average Bonchev–Trinajstić information content (AvgIpc) is 2.47. The van der Waals surface area contributed by atoms with Crippen LogP contribution in [-0.4, -0.2) is 16.8 Å². The lowest BCUT2D eigenvalue weighted by molar-refractivity contribution is 0.0697. The van der Waals surface area contributed by atoms with E-state index in [1.165, 1.54) is 12.1 Å². The van der Waals surface area contributed by atoms with Crippen LogP contribution in [0.5, 0.6) is 0 Å². The normalized spacial score (nSPS) is 11.3. The van der Waals surface area contributed by atoms with Crippen molar-refractivity contribution in [2.45, 2.75) is 6.92 Å². The van der Waals surface area contributed by atoms with Crippen LogP contribution in [0.25, 0.3) is 0 Å². The molecule has 0 saturated heterocycles. The molecule has 4 nitrogen and oxygen atoms in total. The molecule has 0 heterocycles. The molecule has 0 aliphatic heterocycles. The Morgan fingerprint density at radius 2 is 1.95 bits per heavy atom. The van der Waals surface area contributed by atoms with Gasteiger partial charge in [0.15, 0.2) is 0 Å². The summed E-state index contributed by atoms with van der Waals surface area (Å²) in [4.78, 5) is 10.9. The van der Waals surface area contributed by atoms with Crippen LogP contribution >= 0.6 is 23.2 Å². The highest BCUT2D eigenvalue weighted by Crippen LogP contribution is 2.21. The first-order valence-electron chi connectivity index (χ1n) is 6.06.